The molecule has 108 valence electrons. The van der Waals surface area contributed by atoms with E-state index in [9.17, 15) is 9.90 Å². The molecular formula is C14H19N3O2S. The smallest absolute Gasteiger partial charge is 0.259 e. The van der Waals surface area contributed by atoms with Gasteiger partial charge in [0.1, 0.15) is 0 Å². The predicted molar refractivity (Wildman–Crippen MR) is 79.1 cm³/mol. The highest BCUT2D eigenvalue weighted by atomic mass is 32.1. The van der Waals surface area contributed by atoms with Gasteiger partial charge in [-0.05, 0) is 12.8 Å². The summed E-state index contributed by atoms with van der Waals surface area (Å²) in [6.45, 7) is 7.89. The van der Waals surface area contributed by atoms with E-state index in [0.29, 0.717) is 19.6 Å². The molecule has 5 nitrogen and oxygen atoms in total. The number of hydrogen-bond acceptors (Lipinski definition) is 5. The third-order valence-corrected chi connectivity index (χ3v) is 5.03. The summed E-state index contributed by atoms with van der Waals surface area (Å²) in [6.07, 6.45) is 0. The van der Waals surface area contributed by atoms with E-state index in [1.165, 1.54) is 11.3 Å². The van der Waals surface area contributed by atoms with Crippen LogP contribution in [0.1, 0.15) is 25.2 Å². The summed E-state index contributed by atoms with van der Waals surface area (Å²) in [5.74, 6) is 0.250. The van der Waals surface area contributed by atoms with Crippen LogP contribution in [0.2, 0.25) is 0 Å². The first-order chi connectivity index (χ1) is 9.39. The summed E-state index contributed by atoms with van der Waals surface area (Å²) in [7, 11) is 0. The zero-order chi connectivity index (χ0) is 14.5. The fourth-order valence-corrected chi connectivity index (χ4v) is 3.51. The molecule has 1 saturated heterocycles. The molecule has 0 radical (unpaired) electrons. The Morgan fingerprint density at radius 2 is 2.20 bits per heavy atom. The topological polar surface area (TPSA) is 57.8 Å². The largest absolute Gasteiger partial charge is 0.387 e. The first-order valence-corrected chi connectivity index (χ1v) is 7.68. The van der Waals surface area contributed by atoms with E-state index < -0.39 is 5.60 Å². The van der Waals surface area contributed by atoms with Crippen LogP contribution < -0.4 is 5.56 Å². The first kappa shape index (κ1) is 13.7. The van der Waals surface area contributed by atoms with Gasteiger partial charge in [-0.15, -0.1) is 11.3 Å². The number of fused-ring (bicyclic) bond motifs is 1. The highest BCUT2D eigenvalue weighted by Gasteiger charge is 2.43. The Bertz CT molecular complexity index is 698. The molecule has 0 amide bonds. The molecule has 0 aromatic carbocycles. The molecule has 1 aliphatic heterocycles. The van der Waals surface area contributed by atoms with Crippen molar-refractivity contribution in [2.24, 2.45) is 5.92 Å². The van der Waals surface area contributed by atoms with Crippen LogP contribution in [0.15, 0.2) is 16.2 Å². The summed E-state index contributed by atoms with van der Waals surface area (Å²) in [5.41, 5.74) is 1.09. The average Bonchev–Trinajstić information content (AvgIpc) is 2.69. The molecule has 6 heteroatoms. The third-order valence-electron chi connectivity index (χ3n) is 4.08. The van der Waals surface area contributed by atoms with Crippen molar-refractivity contribution in [3.8, 4) is 0 Å². The number of nitrogens with zero attached hydrogens (tertiary/aromatic N) is 3. The van der Waals surface area contributed by atoms with Gasteiger partial charge in [0.25, 0.3) is 5.56 Å². The maximum Gasteiger partial charge on any atom is 0.259 e. The molecule has 1 fully saturated rings. The molecule has 3 rings (SSSR count). The maximum absolute atomic E-state index is 12.1. The Kier molecular flexibility index (Phi) is 3.19. The molecule has 0 atom stereocenters. The second-order valence-electron chi connectivity index (χ2n) is 5.98. The fourth-order valence-electron chi connectivity index (χ4n) is 2.62. The Balaban J connectivity index is 1.78. The van der Waals surface area contributed by atoms with Gasteiger partial charge in [-0.1, -0.05) is 13.8 Å². The van der Waals surface area contributed by atoms with E-state index >= 15 is 0 Å². The van der Waals surface area contributed by atoms with Gasteiger partial charge < -0.3 is 5.11 Å². The SMILES string of the molecule is Cc1csc2nc(CN3CC(O)(C(C)C)C3)cc(=O)n12. The van der Waals surface area contributed by atoms with Gasteiger partial charge in [-0.25, -0.2) is 4.98 Å². The van der Waals surface area contributed by atoms with Gasteiger partial charge >= 0.3 is 0 Å². The number of aromatic nitrogens is 2. The summed E-state index contributed by atoms with van der Waals surface area (Å²) in [6, 6.07) is 1.60. The second-order valence-corrected chi connectivity index (χ2v) is 6.82. The van der Waals surface area contributed by atoms with Crippen molar-refractivity contribution in [2.75, 3.05) is 13.1 Å². The monoisotopic (exact) mass is 293 g/mol. The van der Waals surface area contributed by atoms with Crippen LogP contribution in [0.3, 0.4) is 0 Å². The zero-order valence-corrected chi connectivity index (χ0v) is 12.8. The molecule has 0 bridgehead atoms. The number of aryl methyl sites for hydroxylation is 1. The second kappa shape index (κ2) is 4.65. The normalized spacial score (nSPS) is 18.6. The quantitative estimate of drug-likeness (QED) is 0.926. The lowest BCUT2D eigenvalue weighted by Gasteiger charge is -2.49. The molecule has 0 aliphatic carbocycles. The van der Waals surface area contributed by atoms with Gasteiger partial charge in [0, 0.05) is 36.8 Å². The van der Waals surface area contributed by atoms with Crippen molar-refractivity contribution in [3.63, 3.8) is 0 Å². The zero-order valence-electron chi connectivity index (χ0n) is 12.0. The molecule has 20 heavy (non-hydrogen) atoms. The Hall–Kier alpha value is -1.24. The molecule has 1 N–H and O–H groups in total. The Morgan fingerprint density at radius 1 is 1.50 bits per heavy atom. The summed E-state index contributed by atoms with van der Waals surface area (Å²) >= 11 is 1.48. The number of aliphatic hydroxyl groups is 1. The van der Waals surface area contributed by atoms with Crippen molar-refractivity contribution in [1.29, 1.82) is 0 Å². The fraction of sp³-hybridized carbons (Fsp3) is 0.571. The van der Waals surface area contributed by atoms with Crippen LogP contribution in [0.25, 0.3) is 4.96 Å². The maximum atomic E-state index is 12.1. The lowest BCUT2D eigenvalue weighted by atomic mass is 9.83. The van der Waals surface area contributed by atoms with Gasteiger partial charge in [-0.2, -0.15) is 0 Å². The van der Waals surface area contributed by atoms with Crippen molar-refractivity contribution in [3.05, 3.63) is 33.2 Å². The molecule has 1 aliphatic rings. The van der Waals surface area contributed by atoms with Crippen molar-refractivity contribution in [1.82, 2.24) is 14.3 Å². The van der Waals surface area contributed by atoms with E-state index in [1.54, 1.807) is 10.5 Å². The van der Waals surface area contributed by atoms with Crippen LogP contribution in [0.4, 0.5) is 0 Å². The van der Waals surface area contributed by atoms with Crippen molar-refractivity contribution < 1.29 is 5.11 Å². The van der Waals surface area contributed by atoms with E-state index in [2.05, 4.69) is 9.88 Å². The number of β-amino-alcohol motifs (C(OH)–C–C–N with tert-alkyl or cyclic N) is 1. The van der Waals surface area contributed by atoms with Crippen LogP contribution in [-0.4, -0.2) is 38.1 Å². The minimum Gasteiger partial charge on any atom is -0.387 e. The van der Waals surface area contributed by atoms with Crippen molar-refractivity contribution in [2.45, 2.75) is 32.9 Å². The molecule has 2 aromatic heterocycles. The standard InChI is InChI=1S/C14H19N3O2S/c1-9(2)14(19)7-16(8-14)5-11-4-12(18)17-10(3)6-20-13(17)15-11/h4,6,9,19H,5,7-8H2,1-3H3. The Morgan fingerprint density at radius 3 is 2.85 bits per heavy atom. The first-order valence-electron chi connectivity index (χ1n) is 6.80. The minimum atomic E-state index is -0.585. The average molecular weight is 293 g/mol. The van der Waals surface area contributed by atoms with Crippen LogP contribution in [-0.2, 0) is 6.54 Å². The van der Waals surface area contributed by atoms with Crippen molar-refractivity contribution >= 4 is 16.3 Å². The van der Waals surface area contributed by atoms with E-state index in [4.69, 9.17) is 0 Å². The van der Waals surface area contributed by atoms with Crippen LogP contribution >= 0.6 is 11.3 Å². The van der Waals surface area contributed by atoms with Crippen LogP contribution in [0.5, 0.6) is 0 Å². The highest BCUT2D eigenvalue weighted by Crippen LogP contribution is 2.29. The van der Waals surface area contributed by atoms with Crippen LogP contribution in [0, 0.1) is 12.8 Å². The summed E-state index contributed by atoms with van der Waals surface area (Å²) in [4.78, 5) is 19.5. The molecule has 3 heterocycles. The molecular weight excluding hydrogens is 274 g/mol. The van der Waals surface area contributed by atoms with Gasteiger partial charge in [0.05, 0.1) is 11.3 Å². The van der Waals surface area contributed by atoms with E-state index in [0.717, 1.165) is 16.3 Å². The van der Waals surface area contributed by atoms with Gasteiger partial charge in [0.2, 0.25) is 0 Å². The molecule has 0 unspecified atom stereocenters. The number of thiazole rings is 1. The Labute approximate surface area is 121 Å². The minimum absolute atomic E-state index is 0.0246. The highest BCUT2D eigenvalue weighted by molar-refractivity contribution is 7.15. The summed E-state index contributed by atoms with van der Waals surface area (Å²) in [5, 5.41) is 12.2. The number of likely N-dealkylation sites (tertiary alicyclic amines) is 1. The molecule has 2 aromatic rings. The molecule has 0 saturated carbocycles. The lowest BCUT2D eigenvalue weighted by Crippen LogP contribution is -2.63. The van der Waals surface area contributed by atoms with E-state index in [-0.39, 0.29) is 11.5 Å². The van der Waals surface area contributed by atoms with Gasteiger partial charge in [-0.3, -0.25) is 14.1 Å². The third kappa shape index (κ3) is 2.17. The van der Waals surface area contributed by atoms with Gasteiger partial charge in [0.15, 0.2) is 4.96 Å². The number of rotatable bonds is 3. The lowest BCUT2D eigenvalue weighted by molar-refractivity contribution is -0.131. The summed E-state index contributed by atoms with van der Waals surface area (Å²) < 4.78 is 1.63. The van der Waals surface area contributed by atoms with E-state index in [1.807, 2.05) is 26.2 Å². The number of hydrogen-bond donors (Lipinski definition) is 1. The predicted octanol–water partition coefficient (Wildman–Crippen LogP) is 1.27. The molecule has 0 spiro atoms.